The van der Waals surface area contributed by atoms with Crippen molar-refractivity contribution < 1.29 is 19.3 Å². The SMILES string of the molecule is CP(=O)([O-])COC(CO)Cn1ccc(N)cc1=O.[CH3+]. The summed E-state index contributed by atoms with van der Waals surface area (Å²) in [5, 5.41) is 9.07. The van der Waals surface area contributed by atoms with Gasteiger partial charge in [0.25, 0.3) is 5.56 Å². The highest BCUT2D eigenvalue weighted by Crippen LogP contribution is 2.29. The quantitative estimate of drug-likeness (QED) is 0.538. The summed E-state index contributed by atoms with van der Waals surface area (Å²) in [6.45, 7) is 0.739. The molecule has 0 aliphatic carbocycles. The Morgan fingerprint density at radius 3 is 2.74 bits per heavy atom. The van der Waals surface area contributed by atoms with E-state index >= 15 is 0 Å². The summed E-state index contributed by atoms with van der Waals surface area (Å²) >= 11 is 0. The molecule has 2 unspecified atom stereocenters. The number of hydrogen-bond donors (Lipinski definition) is 2. The maximum absolute atomic E-state index is 11.5. The molecular weight excluding hydrogens is 271 g/mol. The van der Waals surface area contributed by atoms with Crippen LogP contribution in [0.5, 0.6) is 0 Å². The van der Waals surface area contributed by atoms with Crippen molar-refractivity contribution in [2.45, 2.75) is 12.6 Å². The molecule has 0 bridgehead atoms. The minimum atomic E-state index is -3.55. The van der Waals surface area contributed by atoms with Gasteiger partial charge in [-0.05, 0) is 12.7 Å². The van der Waals surface area contributed by atoms with Crippen molar-refractivity contribution in [3.8, 4) is 0 Å². The van der Waals surface area contributed by atoms with E-state index in [4.69, 9.17) is 15.6 Å². The molecule has 0 aliphatic rings. The number of aromatic nitrogens is 1. The van der Waals surface area contributed by atoms with E-state index in [2.05, 4.69) is 0 Å². The lowest BCUT2D eigenvalue weighted by molar-refractivity contribution is -0.180. The van der Waals surface area contributed by atoms with E-state index in [0.29, 0.717) is 5.69 Å². The second-order valence-electron chi connectivity index (χ2n) is 4.07. The minimum Gasteiger partial charge on any atom is -0.798 e. The second-order valence-corrected chi connectivity index (χ2v) is 6.35. The molecule has 1 heterocycles. The number of hydrogen-bond acceptors (Lipinski definition) is 6. The summed E-state index contributed by atoms with van der Waals surface area (Å²) in [4.78, 5) is 22.5. The smallest absolute Gasteiger partial charge is 0.252 e. The number of nitrogens with two attached hydrogens (primary N) is 1. The van der Waals surface area contributed by atoms with Crippen LogP contribution >= 0.6 is 7.37 Å². The fourth-order valence-corrected chi connectivity index (χ4v) is 1.78. The number of ether oxygens (including phenoxy) is 1. The summed E-state index contributed by atoms with van der Waals surface area (Å²) < 4.78 is 17.3. The number of nitrogen functional groups attached to an aromatic ring is 1. The number of anilines is 1. The summed E-state index contributed by atoms with van der Waals surface area (Å²) in [5.74, 6) is 0. The van der Waals surface area contributed by atoms with Crippen LogP contribution in [0.1, 0.15) is 0 Å². The van der Waals surface area contributed by atoms with Gasteiger partial charge in [-0.2, -0.15) is 0 Å². The van der Waals surface area contributed by atoms with Crippen molar-refractivity contribution in [1.82, 2.24) is 4.57 Å². The predicted octanol–water partition coefficient (Wildman–Crippen LogP) is -0.516. The first-order valence-electron chi connectivity index (χ1n) is 5.28. The van der Waals surface area contributed by atoms with E-state index in [0.717, 1.165) is 6.66 Å². The average molecular weight is 290 g/mol. The fourth-order valence-electron chi connectivity index (χ4n) is 1.30. The van der Waals surface area contributed by atoms with Crippen molar-refractivity contribution in [3.05, 3.63) is 36.1 Å². The Labute approximate surface area is 112 Å². The van der Waals surface area contributed by atoms with Crippen molar-refractivity contribution in [1.29, 1.82) is 0 Å². The van der Waals surface area contributed by atoms with Crippen molar-refractivity contribution in [3.63, 3.8) is 0 Å². The maximum Gasteiger partial charge on any atom is 0.252 e. The molecule has 108 valence electrons. The zero-order valence-electron chi connectivity index (χ0n) is 11.0. The van der Waals surface area contributed by atoms with Crippen LogP contribution in [0.25, 0.3) is 0 Å². The molecular formula is C11H19N2O5P. The zero-order chi connectivity index (χ0) is 13.8. The van der Waals surface area contributed by atoms with Crippen molar-refractivity contribution in [2.24, 2.45) is 0 Å². The van der Waals surface area contributed by atoms with E-state index in [1.807, 2.05) is 0 Å². The normalized spacial score (nSPS) is 15.3. The number of nitrogens with zero attached hydrogens (tertiary/aromatic N) is 1. The summed E-state index contributed by atoms with van der Waals surface area (Å²) in [5.41, 5.74) is 5.44. The molecule has 0 radical (unpaired) electrons. The summed E-state index contributed by atoms with van der Waals surface area (Å²) in [7, 11) is -3.55. The number of aliphatic hydroxyl groups excluding tert-OH is 1. The molecule has 7 nitrogen and oxygen atoms in total. The third-order valence-electron chi connectivity index (χ3n) is 2.17. The second kappa shape index (κ2) is 7.35. The van der Waals surface area contributed by atoms with Crippen LogP contribution in [0.4, 0.5) is 5.69 Å². The summed E-state index contributed by atoms with van der Waals surface area (Å²) in [6.07, 6.45) is 0.238. The molecule has 0 aromatic carbocycles. The molecule has 0 saturated carbocycles. The van der Waals surface area contributed by atoms with Crippen LogP contribution in [0, 0.1) is 7.43 Å². The number of pyridine rings is 1. The van der Waals surface area contributed by atoms with Crippen molar-refractivity contribution >= 4 is 13.1 Å². The van der Waals surface area contributed by atoms with Gasteiger partial charge in [0.15, 0.2) is 0 Å². The Morgan fingerprint density at radius 2 is 2.26 bits per heavy atom. The molecule has 19 heavy (non-hydrogen) atoms. The molecule has 0 fully saturated rings. The van der Waals surface area contributed by atoms with Gasteiger partial charge in [0.2, 0.25) is 0 Å². The molecule has 0 spiro atoms. The molecule has 8 heteroatoms. The molecule has 1 rings (SSSR count). The van der Waals surface area contributed by atoms with Crippen LogP contribution in [0.2, 0.25) is 0 Å². The first kappa shape index (κ1) is 17.7. The molecule has 1 aromatic rings. The minimum absolute atomic E-state index is 0. The highest BCUT2D eigenvalue weighted by atomic mass is 31.2. The Balaban J connectivity index is 0.00000324. The summed E-state index contributed by atoms with van der Waals surface area (Å²) in [6, 6.07) is 2.78. The van der Waals surface area contributed by atoms with E-state index in [1.54, 1.807) is 0 Å². The van der Waals surface area contributed by atoms with Crippen LogP contribution in [0.15, 0.2) is 23.1 Å². The molecule has 3 N–H and O–H groups in total. The van der Waals surface area contributed by atoms with Crippen LogP contribution in [-0.2, 0) is 15.8 Å². The van der Waals surface area contributed by atoms with Crippen LogP contribution in [-0.4, -0.2) is 35.4 Å². The van der Waals surface area contributed by atoms with E-state index in [1.165, 1.54) is 22.9 Å². The van der Waals surface area contributed by atoms with Gasteiger partial charge in [0.05, 0.1) is 25.6 Å². The molecule has 0 saturated heterocycles. The highest BCUT2D eigenvalue weighted by Gasteiger charge is 2.12. The molecule has 1 aromatic heterocycles. The van der Waals surface area contributed by atoms with E-state index in [-0.39, 0.29) is 26.1 Å². The van der Waals surface area contributed by atoms with Gasteiger partial charge in [-0.1, -0.05) is 0 Å². The zero-order valence-corrected chi connectivity index (χ0v) is 11.9. The molecule has 0 amide bonds. The highest BCUT2D eigenvalue weighted by molar-refractivity contribution is 7.55. The topological polar surface area (TPSA) is 118 Å². The Morgan fingerprint density at radius 1 is 1.63 bits per heavy atom. The van der Waals surface area contributed by atoms with Crippen LogP contribution in [0.3, 0.4) is 0 Å². The first-order chi connectivity index (χ1) is 8.31. The lowest BCUT2D eigenvalue weighted by Crippen LogP contribution is -2.30. The largest absolute Gasteiger partial charge is 0.798 e. The standard InChI is InChI=1S/C10H17N2O5P.CH3/c1-18(15,16)7-17-9(6-13)5-12-3-2-8(11)4-10(12)14;/h2-4,9,13H,5-7,11H2,1H3,(H,15,16);1H3/q;+1/p-1. The van der Waals surface area contributed by atoms with Crippen LogP contribution < -0.4 is 16.2 Å². The monoisotopic (exact) mass is 290 g/mol. The third kappa shape index (κ3) is 6.45. The number of rotatable bonds is 6. The van der Waals surface area contributed by atoms with Gasteiger partial charge in [0, 0.05) is 32.7 Å². The third-order valence-corrected chi connectivity index (χ3v) is 2.79. The molecule has 0 aliphatic heterocycles. The van der Waals surface area contributed by atoms with Crippen molar-refractivity contribution in [2.75, 3.05) is 25.4 Å². The Hall–Kier alpha value is -1.27. The van der Waals surface area contributed by atoms with Gasteiger partial charge >= 0.3 is 0 Å². The van der Waals surface area contributed by atoms with Gasteiger partial charge in [0.1, 0.15) is 0 Å². The van der Waals surface area contributed by atoms with E-state index < -0.39 is 19.8 Å². The lowest BCUT2D eigenvalue weighted by atomic mass is 10.3. The lowest BCUT2D eigenvalue weighted by Gasteiger charge is -2.22. The van der Waals surface area contributed by atoms with Gasteiger partial charge in [-0.25, -0.2) is 0 Å². The van der Waals surface area contributed by atoms with Gasteiger partial charge in [-0.15, -0.1) is 0 Å². The average Bonchev–Trinajstić information content (AvgIpc) is 2.25. The Bertz CT molecular complexity index is 496. The fraction of sp³-hybridized carbons (Fsp3) is 0.455. The first-order valence-corrected chi connectivity index (χ1v) is 7.53. The predicted molar refractivity (Wildman–Crippen MR) is 71.9 cm³/mol. The van der Waals surface area contributed by atoms with Gasteiger partial charge < -0.3 is 29.6 Å². The van der Waals surface area contributed by atoms with E-state index in [9.17, 15) is 14.3 Å². The maximum atomic E-state index is 11.5. The Kier molecular flexibility index (Phi) is 6.86. The van der Waals surface area contributed by atoms with Gasteiger partial charge in [-0.3, -0.25) is 4.79 Å². The molecule has 2 atom stereocenters. The number of aliphatic hydroxyl groups is 1.